The van der Waals surface area contributed by atoms with Crippen LogP contribution >= 0.6 is 0 Å². The largest absolute Gasteiger partial charge is 0.475 e. The minimum atomic E-state index is -0.479. The quantitative estimate of drug-likeness (QED) is 0.542. The second kappa shape index (κ2) is 10.3. The van der Waals surface area contributed by atoms with Gasteiger partial charge < -0.3 is 14.8 Å². The van der Waals surface area contributed by atoms with Gasteiger partial charge in [-0.25, -0.2) is 9.78 Å². The van der Waals surface area contributed by atoms with E-state index in [1.165, 1.54) is 11.8 Å². The number of pyridine rings is 1. The van der Waals surface area contributed by atoms with Gasteiger partial charge in [0.15, 0.2) is 0 Å². The summed E-state index contributed by atoms with van der Waals surface area (Å²) in [4.78, 5) is 27.9. The van der Waals surface area contributed by atoms with Crippen molar-refractivity contribution in [1.29, 1.82) is 0 Å². The van der Waals surface area contributed by atoms with Crippen molar-refractivity contribution < 1.29 is 19.1 Å². The SMILES string of the molecule is Cc1ccc(CCC(=O)NCCOC(=O)c2ccc(OC(C)C)nc2)cc1. The molecule has 1 N–H and O–H groups in total. The van der Waals surface area contributed by atoms with Gasteiger partial charge in [-0.1, -0.05) is 29.8 Å². The summed E-state index contributed by atoms with van der Waals surface area (Å²) in [7, 11) is 0. The number of hydrogen-bond acceptors (Lipinski definition) is 5. The minimum absolute atomic E-state index is 0.0184. The van der Waals surface area contributed by atoms with Gasteiger partial charge in [-0.2, -0.15) is 0 Å². The lowest BCUT2D eigenvalue weighted by Gasteiger charge is -2.09. The number of esters is 1. The monoisotopic (exact) mass is 370 g/mol. The summed E-state index contributed by atoms with van der Waals surface area (Å²) in [6.07, 6.45) is 2.52. The Morgan fingerprint density at radius 2 is 1.85 bits per heavy atom. The van der Waals surface area contributed by atoms with Crippen molar-refractivity contribution >= 4 is 11.9 Å². The molecule has 1 heterocycles. The summed E-state index contributed by atoms with van der Waals surface area (Å²) in [5.41, 5.74) is 2.67. The normalized spacial score (nSPS) is 10.5. The predicted octanol–water partition coefficient (Wildman–Crippen LogP) is 3.08. The van der Waals surface area contributed by atoms with Crippen molar-refractivity contribution in [2.45, 2.75) is 39.7 Å². The first kappa shape index (κ1) is 20.4. The Labute approximate surface area is 159 Å². The van der Waals surface area contributed by atoms with Crippen molar-refractivity contribution in [3.05, 3.63) is 59.3 Å². The van der Waals surface area contributed by atoms with Crippen LogP contribution in [0.5, 0.6) is 5.88 Å². The number of benzene rings is 1. The van der Waals surface area contributed by atoms with Crippen LogP contribution in [-0.4, -0.2) is 36.1 Å². The molecule has 0 bridgehead atoms. The number of carbonyl (C=O) groups is 2. The Hall–Kier alpha value is -2.89. The van der Waals surface area contributed by atoms with Gasteiger partial charge in [0.05, 0.1) is 18.2 Å². The molecule has 1 aromatic heterocycles. The van der Waals surface area contributed by atoms with Gasteiger partial charge >= 0.3 is 5.97 Å². The van der Waals surface area contributed by atoms with Crippen molar-refractivity contribution in [2.24, 2.45) is 0 Å². The lowest BCUT2D eigenvalue weighted by molar-refractivity contribution is -0.121. The Morgan fingerprint density at radius 1 is 1.11 bits per heavy atom. The molecule has 0 atom stereocenters. The number of rotatable bonds is 9. The average molecular weight is 370 g/mol. The zero-order chi connectivity index (χ0) is 19.6. The van der Waals surface area contributed by atoms with E-state index < -0.39 is 5.97 Å². The summed E-state index contributed by atoms with van der Waals surface area (Å²) < 4.78 is 10.6. The van der Waals surface area contributed by atoms with Crippen LogP contribution in [-0.2, 0) is 16.0 Å². The molecule has 27 heavy (non-hydrogen) atoms. The maximum Gasteiger partial charge on any atom is 0.339 e. The fraction of sp³-hybridized carbons (Fsp3) is 0.381. The Balaban J connectivity index is 1.64. The van der Waals surface area contributed by atoms with Crippen molar-refractivity contribution in [3.8, 4) is 5.88 Å². The molecule has 6 heteroatoms. The second-order valence-corrected chi connectivity index (χ2v) is 6.52. The maximum atomic E-state index is 11.9. The summed E-state index contributed by atoms with van der Waals surface area (Å²) in [6.45, 7) is 6.22. The molecule has 2 aromatic rings. The second-order valence-electron chi connectivity index (χ2n) is 6.52. The third-order valence-electron chi connectivity index (χ3n) is 3.75. The van der Waals surface area contributed by atoms with Crippen LogP contribution in [0.15, 0.2) is 42.6 Å². The number of nitrogens with one attached hydrogen (secondary N) is 1. The van der Waals surface area contributed by atoms with Crippen LogP contribution in [0.1, 0.15) is 41.8 Å². The zero-order valence-electron chi connectivity index (χ0n) is 16.0. The van der Waals surface area contributed by atoms with Crippen LogP contribution in [0, 0.1) is 6.92 Å². The van der Waals surface area contributed by atoms with E-state index in [-0.39, 0.29) is 25.2 Å². The smallest absolute Gasteiger partial charge is 0.339 e. The van der Waals surface area contributed by atoms with E-state index in [1.54, 1.807) is 12.1 Å². The number of amides is 1. The molecule has 0 aliphatic rings. The molecule has 0 spiro atoms. The molecule has 0 fully saturated rings. The van der Waals surface area contributed by atoms with E-state index in [0.717, 1.165) is 5.56 Å². The maximum absolute atomic E-state index is 11.9. The first-order chi connectivity index (χ1) is 12.9. The first-order valence-corrected chi connectivity index (χ1v) is 9.06. The summed E-state index contributed by atoms with van der Waals surface area (Å²) in [5.74, 6) is -0.0848. The van der Waals surface area contributed by atoms with E-state index >= 15 is 0 Å². The van der Waals surface area contributed by atoms with Crippen LogP contribution in [0.2, 0.25) is 0 Å². The third-order valence-corrected chi connectivity index (χ3v) is 3.75. The van der Waals surface area contributed by atoms with Gasteiger partial charge in [-0.15, -0.1) is 0 Å². The predicted molar refractivity (Wildman–Crippen MR) is 103 cm³/mol. The molecule has 0 aliphatic carbocycles. The molecule has 0 aliphatic heterocycles. The van der Waals surface area contributed by atoms with Crippen LogP contribution in [0.4, 0.5) is 0 Å². The molecular weight excluding hydrogens is 344 g/mol. The highest BCUT2D eigenvalue weighted by molar-refractivity contribution is 5.89. The number of carbonyl (C=O) groups excluding carboxylic acids is 2. The Bertz CT molecular complexity index is 740. The summed E-state index contributed by atoms with van der Waals surface area (Å²) in [6, 6.07) is 11.3. The Morgan fingerprint density at radius 3 is 2.48 bits per heavy atom. The number of hydrogen-bond donors (Lipinski definition) is 1. The van der Waals surface area contributed by atoms with E-state index in [0.29, 0.717) is 24.3 Å². The van der Waals surface area contributed by atoms with Gasteiger partial charge in [0.2, 0.25) is 11.8 Å². The fourth-order valence-corrected chi connectivity index (χ4v) is 2.33. The number of ether oxygens (including phenoxy) is 2. The van der Waals surface area contributed by atoms with Gasteiger partial charge in [0, 0.05) is 18.7 Å². The van der Waals surface area contributed by atoms with E-state index in [4.69, 9.17) is 9.47 Å². The minimum Gasteiger partial charge on any atom is -0.475 e. The molecule has 144 valence electrons. The van der Waals surface area contributed by atoms with Crippen molar-refractivity contribution in [2.75, 3.05) is 13.2 Å². The van der Waals surface area contributed by atoms with Crippen LogP contribution in [0.3, 0.4) is 0 Å². The molecule has 0 unspecified atom stereocenters. The lowest BCUT2D eigenvalue weighted by atomic mass is 10.1. The zero-order valence-corrected chi connectivity index (χ0v) is 16.0. The van der Waals surface area contributed by atoms with E-state index in [9.17, 15) is 9.59 Å². The Kier molecular flexibility index (Phi) is 7.79. The number of aromatic nitrogens is 1. The van der Waals surface area contributed by atoms with Crippen LogP contribution < -0.4 is 10.1 Å². The van der Waals surface area contributed by atoms with Gasteiger partial charge in [-0.3, -0.25) is 4.79 Å². The summed E-state index contributed by atoms with van der Waals surface area (Å²) in [5, 5.41) is 2.75. The molecule has 6 nitrogen and oxygen atoms in total. The third kappa shape index (κ3) is 7.48. The van der Waals surface area contributed by atoms with Gasteiger partial charge in [0.1, 0.15) is 6.61 Å². The highest BCUT2D eigenvalue weighted by Crippen LogP contribution is 2.10. The van der Waals surface area contributed by atoms with Crippen molar-refractivity contribution in [1.82, 2.24) is 10.3 Å². The van der Waals surface area contributed by atoms with E-state index in [2.05, 4.69) is 10.3 Å². The first-order valence-electron chi connectivity index (χ1n) is 9.06. The highest BCUT2D eigenvalue weighted by atomic mass is 16.5. The topological polar surface area (TPSA) is 77.5 Å². The van der Waals surface area contributed by atoms with E-state index in [1.807, 2.05) is 45.0 Å². The molecular formula is C21H26N2O4. The fourth-order valence-electron chi connectivity index (χ4n) is 2.33. The molecule has 1 aromatic carbocycles. The molecule has 0 radical (unpaired) electrons. The molecule has 2 rings (SSSR count). The van der Waals surface area contributed by atoms with Crippen molar-refractivity contribution in [3.63, 3.8) is 0 Å². The lowest BCUT2D eigenvalue weighted by Crippen LogP contribution is -2.28. The van der Waals surface area contributed by atoms with Gasteiger partial charge in [0.25, 0.3) is 0 Å². The molecule has 0 saturated carbocycles. The number of aryl methyl sites for hydroxylation is 2. The standard InChI is InChI=1S/C21H26N2O4/c1-15(2)27-20-11-9-18(14-23-20)21(25)26-13-12-22-19(24)10-8-17-6-4-16(3)5-7-17/h4-7,9,11,14-15H,8,10,12-13H2,1-3H3,(H,22,24). The molecule has 1 amide bonds. The summed E-state index contributed by atoms with van der Waals surface area (Å²) >= 11 is 0. The highest BCUT2D eigenvalue weighted by Gasteiger charge is 2.09. The number of nitrogens with zero attached hydrogens (tertiary/aromatic N) is 1. The average Bonchev–Trinajstić information content (AvgIpc) is 2.64. The van der Waals surface area contributed by atoms with Gasteiger partial charge in [-0.05, 0) is 38.8 Å². The van der Waals surface area contributed by atoms with Crippen LogP contribution in [0.25, 0.3) is 0 Å². The molecule has 0 saturated heterocycles.